The van der Waals surface area contributed by atoms with Crippen LogP contribution in [-0.4, -0.2) is 37.8 Å². The summed E-state index contributed by atoms with van der Waals surface area (Å²) >= 11 is 0. The van der Waals surface area contributed by atoms with Gasteiger partial charge in [-0.3, -0.25) is 14.4 Å². The molecular weight excluding hydrogens is 242 g/mol. The zero-order valence-electron chi connectivity index (χ0n) is 12.8. The summed E-state index contributed by atoms with van der Waals surface area (Å²) in [5, 5.41) is 13.3. The highest BCUT2D eigenvalue weighted by atomic mass is 16.4. The number of aryl methyl sites for hydroxylation is 2. The quantitative estimate of drug-likeness (QED) is 0.889. The third-order valence-corrected chi connectivity index (χ3v) is 3.40. The molecule has 0 bridgehead atoms. The van der Waals surface area contributed by atoms with Crippen LogP contribution in [0.4, 0.5) is 0 Å². The van der Waals surface area contributed by atoms with Crippen LogP contribution in [0.2, 0.25) is 0 Å². The Balaban J connectivity index is 2.97. The van der Waals surface area contributed by atoms with Gasteiger partial charge in [-0.25, -0.2) is 0 Å². The lowest BCUT2D eigenvalue weighted by Crippen LogP contribution is -2.44. The second-order valence-electron chi connectivity index (χ2n) is 6.03. The predicted molar refractivity (Wildman–Crippen MR) is 75.1 cm³/mol. The topological polar surface area (TPSA) is 58.4 Å². The number of carboxylic acids is 1. The highest BCUT2D eigenvalue weighted by Gasteiger charge is 2.29. The fourth-order valence-electron chi connectivity index (χ4n) is 2.52. The summed E-state index contributed by atoms with van der Waals surface area (Å²) in [4.78, 5) is 13.0. The molecule has 1 N–H and O–H groups in total. The van der Waals surface area contributed by atoms with E-state index in [1.54, 1.807) is 4.68 Å². The van der Waals surface area contributed by atoms with E-state index in [1.807, 2.05) is 20.2 Å². The zero-order chi connectivity index (χ0) is 14.8. The van der Waals surface area contributed by atoms with Crippen LogP contribution in [0.15, 0.2) is 6.20 Å². The number of nitrogens with zero attached hydrogens (tertiary/aromatic N) is 3. The molecule has 0 amide bonds. The second kappa shape index (κ2) is 5.74. The Kier molecular flexibility index (Phi) is 4.74. The maximum absolute atomic E-state index is 10.8. The van der Waals surface area contributed by atoms with Gasteiger partial charge in [0.1, 0.15) is 0 Å². The van der Waals surface area contributed by atoms with E-state index >= 15 is 0 Å². The minimum Gasteiger partial charge on any atom is -0.481 e. The number of hydrogen-bond acceptors (Lipinski definition) is 3. The minimum absolute atomic E-state index is 0.0862. The molecule has 1 rings (SSSR count). The molecule has 1 heterocycles. The van der Waals surface area contributed by atoms with Gasteiger partial charge >= 0.3 is 5.97 Å². The maximum Gasteiger partial charge on any atom is 0.304 e. The van der Waals surface area contributed by atoms with E-state index in [-0.39, 0.29) is 18.0 Å². The van der Waals surface area contributed by atoms with Crippen LogP contribution >= 0.6 is 0 Å². The summed E-state index contributed by atoms with van der Waals surface area (Å²) in [6.07, 6.45) is 2.17. The first-order valence-electron chi connectivity index (χ1n) is 6.61. The number of carboxylic acid groups (broad SMARTS) is 1. The summed E-state index contributed by atoms with van der Waals surface area (Å²) in [6, 6.07) is 0.146. The van der Waals surface area contributed by atoms with E-state index in [2.05, 4.69) is 37.7 Å². The summed E-state index contributed by atoms with van der Waals surface area (Å²) < 4.78 is 1.80. The fourth-order valence-corrected chi connectivity index (χ4v) is 2.52. The third kappa shape index (κ3) is 4.06. The van der Waals surface area contributed by atoms with Crippen LogP contribution in [-0.2, 0) is 11.8 Å². The summed E-state index contributed by atoms with van der Waals surface area (Å²) in [5.74, 6) is -0.760. The van der Waals surface area contributed by atoms with Crippen molar-refractivity contribution in [2.24, 2.45) is 7.05 Å². The number of hydrogen-bond donors (Lipinski definition) is 1. The minimum atomic E-state index is -0.760. The number of rotatable bonds is 5. The molecule has 0 aliphatic heterocycles. The van der Waals surface area contributed by atoms with Crippen molar-refractivity contribution >= 4 is 5.97 Å². The Morgan fingerprint density at radius 3 is 2.47 bits per heavy atom. The van der Waals surface area contributed by atoms with E-state index in [1.165, 1.54) is 0 Å². The number of carbonyl (C=O) groups is 1. The van der Waals surface area contributed by atoms with E-state index in [9.17, 15) is 4.79 Å². The van der Waals surface area contributed by atoms with Gasteiger partial charge in [0.15, 0.2) is 0 Å². The van der Waals surface area contributed by atoms with Gasteiger partial charge < -0.3 is 5.11 Å². The van der Waals surface area contributed by atoms with Crippen molar-refractivity contribution in [2.45, 2.75) is 52.6 Å². The lowest BCUT2D eigenvalue weighted by atomic mass is 9.99. The Hall–Kier alpha value is -1.36. The zero-order valence-corrected chi connectivity index (χ0v) is 12.8. The standard InChI is InChI=1S/C14H25N3O2/c1-10-12(9-16(6)15-10)11(2)17(14(3,4)5)8-7-13(18)19/h9,11H,7-8H2,1-6H3,(H,18,19). The largest absolute Gasteiger partial charge is 0.481 e. The monoisotopic (exact) mass is 267 g/mol. The Morgan fingerprint density at radius 2 is 2.11 bits per heavy atom. The van der Waals surface area contributed by atoms with Crippen molar-refractivity contribution in [3.8, 4) is 0 Å². The number of aliphatic carboxylic acids is 1. The summed E-state index contributed by atoms with van der Waals surface area (Å²) in [6.45, 7) is 11.0. The van der Waals surface area contributed by atoms with Crippen molar-refractivity contribution in [1.82, 2.24) is 14.7 Å². The van der Waals surface area contributed by atoms with Gasteiger partial charge in [-0.05, 0) is 34.6 Å². The highest BCUT2D eigenvalue weighted by molar-refractivity contribution is 5.66. The molecule has 19 heavy (non-hydrogen) atoms. The molecular formula is C14H25N3O2. The number of aromatic nitrogens is 2. The SMILES string of the molecule is Cc1nn(C)cc1C(C)N(CCC(=O)O)C(C)(C)C. The van der Waals surface area contributed by atoms with E-state index < -0.39 is 5.97 Å². The predicted octanol–water partition coefficient (Wildman–Crippen LogP) is 2.36. The molecule has 0 aliphatic carbocycles. The van der Waals surface area contributed by atoms with Crippen molar-refractivity contribution in [3.63, 3.8) is 0 Å². The molecule has 0 aromatic carbocycles. The van der Waals surface area contributed by atoms with Crippen molar-refractivity contribution in [2.75, 3.05) is 6.54 Å². The second-order valence-corrected chi connectivity index (χ2v) is 6.03. The average Bonchev–Trinajstić information content (AvgIpc) is 2.55. The molecule has 1 unspecified atom stereocenters. The molecule has 0 saturated heterocycles. The third-order valence-electron chi connectivity index (χ3n) is 3.40. The average molecular weight is 267 g/mol. The van der Waals surface area contributed by atoms with Crippen LogP contribution < -0.4 is 0 Å². The first-order valence-corrected chi connectivity index (χ1v) is 6.61. The first-order chi connectivity index (χ1) is 8.62. The lowest BCUT2D eigenvalue weighted by molar-refractivity contribution is -0.137. The van der Waals surface area contributed by atoms with Gasteiger partial charge in [0.05, 0.1) is 12.1 Å². The molecule has 108 valence electrons. The van der Waals surface area contributed by atoms with Crippen LogP contribution in [0.5, 0.6) is 0 Å². The lowest BCUT2D eigenvalue weighted by Gasteiger charge is -2.40. The van der Waals surface area contributed by atoms with E-state index in [4.69, 9.17) is 5.11 Å². The van der Waals surface area contributed by atoms with Gasteiger partial charge in [-0.2, -0.15) is 5.10 Å². The Bertz CT molecular complexity index is 446. The van der Waals surface area contributed by atoms with E-state index in [0.29, 0.717) is 6.54 Å². The molecule has 0 spiro atoms. The first kappa shape index (κ1) is 15.7. The normalized spacial score (nSPS) is 13.8. The molecule has 1 atom stereocenters. The van der Waals surface area contributed by atoms with Gasteiger partial charge in [0.25, 0.3) is 0 Å². The Morgan fingerprint density at radius 1 is 1.53 bits per heavy atom. The maximum atomic E-state index is 10.8. The van der Waals surface area contributed by atoms with Gasteiger partial charge in [-0.1, -0.05) is 0 Å². The molecule has 1 aromatic heterocycles. The molecule has 0 aliphatic rings. The van der Waals surface area contributed by atoms with Gasteiger partial charge in [-0.15, -0.1) is 0 Å². The Labute approximate surface area is 115 Å². The van der Waals surface area contributed by atoms with Crippen molar-refractivity contribution in [1.29, 1.82) is 0 Å². The summed E-state index contributed by atoms with van der Waals surface area (Å²) in [7, 11) is 1.90. The van der Waals surface area contributed by atoms with Crippen LogP contribution in [0.3, 0.4) is 0 Å². The molecule has 1 aromatic rings. The fraction of sp³-hybridized carbons (Fsp3) is 0.714. The van der Waals surface area contributed by atoms with Crippen molar-refractivity contribution in [3.05, 3.63) is 17.5 Å². The molecule has 0 radical (unpaired) electrons. The molecule has 5 heteroatoms. The van der Waals surface area contributed by atoms with Crippen LogP contribution in [0.25, 0.3) is 0 Å². The van der Waals surface area contributed by atoms with E-state index in [0.717, 1.165) is 11.3 Å². The van der Waals surface area contributed by atoms with Crippen LogP contribution in [0.1, 0.15) is 51.4 Å². The van der Waals surface area contributed by atoms with Crippen molar-refractivity contribution < 1.29 is 9.90 Å². The molecule has 5 nitrogen and oxygen atoms in total. The van der Waals surface area contributed by atoms with Gasteiger partial charge in [0.2, 0.25) is 0 Å². The highest BCUT2D eigenvalue weighted by Crippen LogP contribution is 2.29. The van der Waals surface area contributed by atoms with Crippen LogP contribution in [0, 0.1) is 6.92 Å². The molecule has 0 fully saturated rings. The summed E-state index contributed by atoms with van der Waals surface area (Å²) in [5.41, 5.74) is 2.07. The van der Waals surface area contributed by atoms with Gasteiger partial charge in [0, 0.05) is 36.9 Å². The smallest absolute Gasteiger partial charge is 0.304 e. The molecule has 0 saturated carbocycles.